The first-order chi connectivity index (χ1) is 13.9. The average Bonchev–Trinajstić information content (AvgIpc) is 2.76. The topological polar surface area (TPSA) is 83.1 Å². The lowest BCUT2D eigenvalue weighted by atomic mass is 9.99. The number of esters is 1. The highest BCUT2D eigenvalue weighted by molar-refractivity contribution is 5.97. The lowest BCUT2D eigenvalue weighted by molar-refractivity contribution is -0.119. The van der Waals surface area contributed by atoms with Gasteiger partial charge >= 0.3 is 5.97 Å². The summed E-state index contributed by atoms with van der Waals surface area (Å²) in [5, 5.41) is 2.71. The van der Waals surface area contributed by atoms with E-state index in [9.17, 15) is 9.59 Å². The lowest BCUT2D eigenvalue weighted by Gasteiger charge is -2.15. The van der Waals surface area contributed by atoms with Gasteiger partial charge in [-0.25, -0.2) is 4.79 Å². The molecule has 156 valence electrons. The van der Waals surface area contributed by atoms with Crippen LogP contribution in [0.1, 0.15) is 42.1 Å². The van der Waals surface area contributed by atoms with Crippen LogP contribution in [0.2, 0.25) is 0 Å². The van der Waals surface area contributed by atoms with Gasteiger partial charge in [-0.15, -0.1) is 0 Å². The molecular formula is C22H27NO6. The fraction of sp³-hybridized carbons (Fsp3) is 0.364. The Morgan fingerprint density at radius 2 is 1.59 bits per heavy atom. The zero-order valence-electron chi connectivity index (χ0n) is 17.4. The van der Waals surface area contributed by atoms with Gasteiger partial charge in [-0.3, -0.25) is 4.79 Å². The molecule has 7 nitrogen and oxygen atoms in total. The Balaban J connectivity index is 2.01. The summed E-state index contributed by atoms with van der Waals surface area (Å²) in [6, 6.07) is 10.7. The van der Waals surface area contributed by atoms with Gasteiger partial charge in [0.15, 0.2) is 18.1 Å². The van der Waals surface area contributed by atoms with Crippen LogP contribution >= 0.6 is 0 Å². The third-order valence-corrected chi connectivity index (χ3v) is 4.63. The number of rotatable bonds is 9. The number of carbonyl (C=O) groups is 2. The molecule has 0 unspecified atom stereocenters. The minimum absolute atomic E-state index is 0.135. The Bertz CT molecular complexity index is 847. The van der Waals surface area contributed by atoms with Crippen molar-refractivity contribution in [2.75, 3.05) is 33.3 Å². The first kappa shape index (κ1) is 22.1. The third-order valence-electron chi connectivity index (χ3n) is 4.63. The molecule has 0 spiro atoms. The number of ether oxygens (including phenoxy) is 4. The van der Waals surface area contributed by atoms with Crippen molar-refractivity contribution in [3.8, 4) is 17.2 Å². The zero-order chi connectivity index (χ0) is 21.4. The highest BCUT2D eigenvalue weighted by Crippen LogP contribution is 2.39. The fourth-order valence-corrected chi connectivity index (χ4v) is 2.80. The molecule has 1 amide bonds. The molecule has 0 radical (unpaired) electrons. The predicted octanol–water partition coefficient (Wildman–Crippen LogP) is 4.02. The SMILES string of the molecule is CC[C@H](C)c1ccc(NC(=O)COC(=O)c2ccc(OC)c(OC)c2OC)cc1. The second-order valence-corrected chi connectivity index (χ2v) is 6.44. The van der Waals surface area contributed by atoms with Crippen molar-refractivity contribution in [1.82, 2.24) is 0 Å². The monoisotopic (exact) mass is 401 g/mol. The van der Waals surface area contributed by atoms with Crippen LogP contribution < -0.4 is 19.5 Å². The summed E-state index contributed by atoms with van der Waals surface area (Å²) in [6.07, 6.45) is 1.04. The van der Waals surface area contributed by atoms with Crippen LogP contribution in [0.15, 0.2) is 36.4 Å². The van der Waals surface area contributed by atoms with Gasteiger partial charge in [0.1, 0.15) is 5.56 Å². The number of methoxy groups -OCH3 is 3. The van der Waals surface area contributed by atoms with E-state index in [0.717, 1.165) is 6.42 Å². The van der Waals surface area contributed by atoms with E-state index in [4.69, 9.17) is 18.9 Å². The number of nitrogens with one attached hydrogen (secondary N) is 1. The fourth-order valence-electron chi connectivity index (χ4n) is 2.80. The van der Waals surface area contributed by atoms with Crippen molar-refractivity contribution >= 4 is 17.6 Å². The summed E-state index contributed by atoms with van der Waals surface area (Å²) in [5.41, 5.74) is 1.98. The van der Waals surface area contributed by atoms with Crippen molar-refractivity contribution in [3.63, 3.8) is 0 Å². The number of hydrogen-bond acceptors (Lipinski definition) is 6. The maximum absolute atomic E-state index is 12.4. The van der Waals surface area contributed by atoms with Crippen molar-refractivity contribution < 1.29 is 28.5 Å². The van der Waals surface area contributed by atoms with Crippen LogP contribution in [0.25, 0.3) is 0 Å². The molecule has 0 bridgehead atoms. The first-order valence-corrected chi connectivity index (χ1v) is 9.31. The molecule has 7 heteroatoms. The van der Waals surface area contributed by atoms with E-state index in [-0.39, 0.29) is 17.1 Å². The molecule has 0 saturated heterocycles. The summed E-state index contributed by atoms with van der Waals surface area (Å²) in [7, 11) is 4.33. The minimum Gasteiger partial charge on any atom is -0.493 e. The van der Waals surface area contributed by atoms with Crippen LogP contribution in [0.4, 0.5) is 5.69 Å². The number of hydrogen-bond donors (Lipinski definition) is 1. The zero-order valence-corrected chi connectivity index (χ0v) is 17.4. The standard InChI is InChI=1S/C22H27NO6/c1-6-14(2)15-7-9-16(10-8-15)23-19(24)13-29-22(25)17-11-12-18(26-3)21(28-5)20(17)27-4/h7-12,14H,6,13H2,1-5H3,(H,23,24)/t14-/m0/s1. The van der Waals surface area contributed by atoms with Crippen molar-refractivity contribution in [3.05, 3.63) is 47.5 Å². The van der Waals surface area contributed by atoms with Gasteiger partial charge in [0.25, 0.3) is 5.91 Å². The highest BCUT2D eigenvalue weighted by atomic mass is 16.5. The molecule has 0 aliphatic carbocycles. The number of benzene rings is 2. The smallest absolute Gasteiger partial charge is 0.342 e. The van der Waals surface area contributed by atoms with Crippen molar-refractivity contribution in [1.29, 1.82) is 0 Å². The van der Waals surface area contributed by atoms with Gasteiger partial charge in [-0.1, -0.05) is 26.0 Å². The average molecular weight is 401 g/mol. The van der Waals surface area contributed by atoms with Crippen LogP contribution in [-0.4, -0.2) is 39.8 Å². The molecule has 0 aromatic heterocycles. The van der Waals surface area contributed by atoms with Crippen LogP contribution in [0, 0.1) is 0 Å². The largest absolute Gasteiger partial charge is 0.493 e. The van der Waals surface area contributed by atoms with Gasteiger partial charge in [0, 0.05) is 5.69 Å². The van der Waals surface area contributed by atoms with Gasteiger partial charge in [0.2, 0.25) is 5.75 Å². The minimum atomic E-state index is -0.704. The molecule has 2 rings (SSSR count). The Morgan fingerprint density at radius 1 is 0.931 bits per heavy atom. The molecule has 0 aliphatic rings. The van der Waals surface area contributed by atoms with Crippen molar-refractivity contribution in [2.24, 2.45) is 0 Å². The molecule has 2 aromatic carbocycles. The van der Waals surface area contributed by atoms with E-state index < -0.39 is 18.5 Å². The lowest BCUT2D eigenvalue weighted by Crippen LogP contribution is -2.21. The van der Waals surface area contributed by atoms with E-state index in [1.54, 1.807) is 6.07 Å². The first-order valence-electron chi connectivity index (χ1n) is 9.31. The third kappa shape index (κ3) is 5.40. The maximum atomic E-state index is 12.4. The van der Waals surface area contributed by atoms with Gasteiger partial charge < -0.3 is 24.3 Å². The molecule has 2 aromatic rings. The Kier molecular flexibility index (Phi) is 7.88. The van der Waals surface area contributed by atoms with Gasteiger partial charge in [-0.05, 0) is 42.2 Å². The van der Waals surface area contributed by atoms with E-state index in [0.29, 0.717) is 17.4 Å². The molecule has 0 fully saturated rings. The van der Waals surface area contributed by atoms with Crippen molar-refractivity contribution in [2.45, 2.75) is 26.2 Å². The Labute approximate surface area is 170 Å². The van der Waals surface area contributed by atoms with Crippen LogP contribution in [0.3, 0.4) is 0 Å². The number of anilines is 1. The molecule has 1 N–H and O–H groups in total. The molecule has 0 aliphatic heterocycles. The summed E-state index contributed by atoms with van der Waals surface area (Å²) in [5.74, 6) is 0.184. The quantitative estimate of drug-likeness (QED) is 0.639. The van der Waals surface area contributed by atoms with E-state index in [1.165, 1.54) is 33.0 Å². The van der Waals surface area contributed by atoms with Crippen LogP contribution in [0.5, 0.6) is 17.2 Å². The van der Waals surface area contributed by atoms with E-state index >= 15 is 0 Å². The molecule has 0 saturated carbocycles. The normalized spacial score (nSPS) is 11.3. The Hall–Kier alpha value is -3.22. The van der Waals surface area contributed by atoms with Gasteiger partial charge in [0.05, 0.1) is 21.3 Å². The maximum Gasteiger partial charge on any atom is 0.342 e. The number of carbonyl (C=O) groups excluding carboxylic acids is 2. The summed E-state index contributed by atoms with van der Waals surface area (Å²) < 4.78 is 20.8. The highest BCUT2D eigenvalue weighted by Gasteiger charge is 2.22. The predicted molar refractivity (Wildman–Crippen MR) is 110 cm³/mol. The second-order valence-electron chi connectivity index (χ2n) is 6.44. The second kappa shape index (κ2) is 10.4. The Morgan fingerprint density at radius 3 is 2.14 bits per heavy atom. The molecule has 1 atom stereocenters. The molecule has 0 heterocycles. The van der Waals surface area contributed by atoms with Crippen LogP contribution in [-0.2, 0) is 9.53 Å². The number of amides is 1. The summed E-state index contributed by atoms with van der Waals surface area (Å²) in [6.45, 7) is 3.85. The summed E-state index contributed by atoms with van der Waals surface area (Å²) in [4.78, 5) is 24.6. The summed E-state index contributed by atoms with van der Waals surface area (Å²) >= 11 is 0. The van der Waals surface area contributed by atoms with Gasteiger partial charge in [-0.2, -0.15) is 0 Å². The van der Waals surface area contributed by atoms with E-state index in [2.05, 4.69) is 19.2 Å². The molecule has 29 heavy (non-hydrogen) atoms. The van der Waals surface area contributed by atoms with E-state index in [1.807, 2.05) is 24.3 Å². The molecular weight excluding hydrogens is 374 g/mol.